The van der Waals surface area contributed by atoms with Gasteiger partial charge in [0.05, 0.1) is 0 Å². The van der Waals surface area contributed by atoms with Gasteiger partial charge in [-0.25, -0.2) is 0 Å². The van der Waals surface area contributed by atoms with E-state index in [1.54, 1.807) is 0 Å². The predicted molar refractivity (Wildman–Crippen MR) is 19.6 cm³/mol. The van der Waals surface area contributed by atoms with Crippen LogP contribution < -0.4 is 0 Å². The molecular weight excluding hydrogens is 247 g/mol. The summed E-state index contributed by atoms with van der Waals surface area (Å²) >= 11 is 0. The molecule has 1 nitrogen and oxygen atoms in total. The molecule has 0 unspecified atom stereocenters. The van der Waals surface area contributed by atoms with E-state index >= 15 is 0 Å². The summed E-state index contributed by atoms with van der Waals surface area (Å²) in [5, 5.41) is 0. The number of nitrogens with zero attached hydrogens (tertiary/aromatic N) is 1. The third-order valence-electron chi connectivity index (χ3n) is 0. The molecule has 0 spiro atoms. The van der Waals surface area contributed by atoms with Gasteiger partial charge in [-0.3, -0.25) is 0 Å². The van der Waals surface area contributed by atoms with Crippen LogP contribution >= 0.6 is 0 Å². The SMILES string of the molecule is CN(C)C.[Au+3]. The van der Waals surface area contributed by atoms with Crippen molar-refractivity contribution in [2.24, 2.45) is 0 Å². The van der Waals surface area contributed by atoms with Gasteiger partial charge in [-0.1, -0.05) is 0 Å². The van der Waals surface area contributed by atoms with E-state index in [0.717, 1.165) is 0 Å². The third-order valence-corrected chi connectivity index (χ3v) is 0. The Balaban J connectivity index is 0. The summed E-state index contributed by atoms with van der Waals surface area (Å²) in [7, 11) is 6.00. The quantitative estimate of drug-likeness (QED) is 0.559. The van der Waals surface area contributed by atoms with Gasteiger partial charge in [0.25, 0.3) is 0 Å². The first-order chi connectivity index (χ1) is 1.73. The van der Waals surface area contributed by atoms with Gasteiger partial charge < -0.3 is 4.90 Å². The molecule has 0 aromatic carbocycles. The summed E-state index contributed by atoms with van der Waals surface area (Å²) in [5.74, 6) is 0. The molecule has 2 heteroatoms. The molecule has 5 heavy (non-hydrogen) atoms. The van der Waals surface area contributed by atoms with Crippen molar-refractivity contribution in [3.63, 3.8) is 0 Å². The molecule has 0 heterocycles. The molecule has 0 saturated heterocycles. The van der Waals surface area contributed by atoms with Crippen LogP contribution in [-0.4, -0.2) is 26.0 Å². The van der Waals surface area contributed by atoms with Crippen molar-refractivity contribution in [3.8, 4) is 0 Å². The van der Waals surface area contributed by atoms with E-state index < -0.39 is 0 Å². The van der Waals surface area contributed by atoms with Gasteiger partial charge in [0, 0.05) is 0 Å². The van der Waals surface area contributed by atoms with Crippen molar-refractivity contribution in [2.75, 3.05) is 21.1 Å². The molecule has 0 saturated carbocycles. The normalized spacial score (nSPS) is 7.20. The zero-order chi connectivity index (χ0) is 3.58. The number of rotatable bonds is 0. The predicted octanol–water partition coefficient (Wildman–Crippen LogP) is 0.175. The standard InChI is InChI=1S/C3H9N.Au/c1-4(2)3;/h1-3H3;/q;+3. The first-order valence-electron chi connectivity index (χ1n) is 1.34. The molecular formula is C3H9AuN+3. The van der Waals surface area contributed by atoms with Crippen molar-refractivity contribution >= 4 is 0 Å². The Labute approximate surface area is 48.9 Å². The fraction of sp³-hybridized carbons (Fsp3) is 1.00. The topological polar surface area (TPSA) is 3.24 Å². The van der Waals surface area contributed by atoms with Crippen molar-refractivity contribution in [2.45, 2.75) is 0 Å². The summed E-state index contributed by atoms with van der Waals surface area (Å²) in [6, 6.07) is 0. The molecule has 0 bridgehead atoms. The van der Waals surface area contributed by atoms with E-state index in [0.29, 0.717) is 0 Å². The first-order valence-corrected chi connectivity index (χ1v) is 1.34. The van der Waals surface area contributed by atoms with E-state index in [2.05, 4.69) is 0 Å². The second-order valence-electron chi connectivity index (χ2n) is 1.34. The van der Waals surface area contributed by atoms with Crippen LogP contribution in [0.3, 0.4) is 0 Å². The second-order valence-corrected chi connectivity index (χ2v) is 1.34. The molecule has 0 aliphatic rings. The van der Waals surface area contributed by atoms with Gasteiger partial charge in [-0.15, -0.1) is 0 Å². The van der Waals surface area contributed by atoms with E-state index in [9.17, 15) is 0 Å². The molecule has 0 amide bonds. The Bertz CT molecular complexity index is 11.6. The van der Waals surface area contributed by atoms with Crippen molar-refractivity contribution < 1.29 is 22.4 Å². The molecule has 0 aromatic rings. The van der Waals surface area contributed by atoms with Crippen molar-refractivity contribution in [1.29, 1.82) is 0 Å². The molecule has 0 aromatic heterocycles. The first kappa shape index (κ1) is 9.20. The third kappa shape index (κ3) is 69.9. The van der Waals surface area contributed by atoms with Crippen LogP contribution in [0.25, 0.3) is 0 Å². The van der Waals surface area contributed by atoms with E-state index in [1.807, 2.05) is 26.0 Å². The minimum Gasteiger partial charge on any atom is -0.312 e. The monoisotopic (exact) mass is 256 g/mol. The minimum absolute atomic E-state index is 0. The Morgan fingerprint density at radius 2 is 1.00 bits per heavy atom. The molecule has 0 aliphatic carbocycles. The maximum atomic E-state index is 2.00. The summed E-state index contributed by atoms with van der Waals surface area (Å²) in [6.45, 7) is 0. The summed E-state index contributed by atoms with van der Waals surface area (Å²) in [6.07, 6.45) is 0. The Morgan fingerprint density at radius 3 is 1.00 bits per heavy atom. The maximum absolute atomic E-state index is 2.00. The molecule has 0 aliphatic heterocycles. The van der Waals surface area contributed by atoms with Crippen LogP contribution in [0.2, 0.25) is 0 Å². The van der Waals surface area contributed by atoms with Crippen LogP contribution in [0.15, 0.2) is 0 Å². The van der Waals surface area contributed by atoms with Gasteiger partial charge in [0.15, 0.2) is 0 Å². The molecule has 0 atom stereocenters. The average molecular weight is 256 g/mol. The van der Waals surface area contributed by atoms with Crippen LogP contribution in [0.4, 0.5) is 0 Å². The second kappa shape index (κ2) is 4.70. The smallest absolute Gasteiger partial charge is 0.312 e. The molecule has 34 valence electrons. The Hall–Kier alpha value is 0.700. The maximum Gasteiger partial charge on any atom is 3.00 e. The average Bonchev–Trinajstić information content (AvgIpc) is 0.811. The molecule has 0 N–H and O–H groups in total. The Kier molecular flexibility index (Phi) is 8.65. The zero-order valence-electron chi connectivity index (χ0n) is 3.75. The van der Waals surface area contributed by atoms with Gasteiger partial charge >= 0.3 is 22.4 Å². The van der Waals surface area contributed by atoms with Crippen LogP contribution in [0.5, 0.6) is 0 Å². The van der Waals surface area contributed by atoms with E-state index in [-0.39, 0.29) is 22.4 Å². The summed E-state index contributed by atoms with van der Waals surface area (Å²) < 4.78 is 0. The van der Waals surface area contributed by atoms with Gasteiger partial charge in [-0.05, 0) is 21.1 Å². The summed E-state index contributed by atoms with van der Waals surface area (Å²) in [5.41, 5.74) is 0. The molecule has 0 rings (SSSR count). The van der Waals surface area contributed by atoms with Crippen LogP contribution in [0.1, 0.15) is 0 Å². The van der Waals surface area contributed by atoms with Crippen molar-refractivity contribution in [3.05, 3.63) is 0 Å². The van der Waals surface area contributed by atoms with Crippen molar-refractivity contribution in [1.82, 2.24) is 4.90 Å². The largest absolute Gasteiger partial charge is 3.00 e. The van der Waals surface area contributed by atoms with Gasteiger partial charge in [0.2, 0.25) is 0 Å². The molecule has 0 fully saturated rings. The zero-order valence-corrected chi connectivity index (χ0v) is 5.92. The van der Waals surface area contributed by atoms with Gasteiger partial charge in [-0.2, -0.15) is 0 Å². The fourth-order valence-corrected chi connectivity index (χ4v) is 0. The summed E-state index contributed by atoms with van der Waals surface area (Å²) in [4.78, 5) is 2.00. The van der Waals surface area contributed by atoms with E-state index in [4.69, 9.17) is 0 Å². The van der Waals surface area contributed by atoms with Crippen LogP contribution in [-0.2, 0) is 22.4 Å². The van der Waals surface area contributed by atoms with E-state index in [1.165, 1.54) is 0 Å². The van der Waals surface area contributed by atoms with Gasteiger partial charge in [0.1, 0.15) is 0 Å². The Morgan fingerprint density at radius 1 is 1.00 bits per heavy atom. The minimum atomic E-state index is 0. The number of hydrogen-bond donors (Lipinski definition) is 0. The molecule has 0 radical (unpaired) electrons. The van der Waals surface area contributed by atoms with Crippen LogP contribution in [0, 0.1) is 0 Å². The number of hydrogen-bond acceptors (Lipinski definition) is 1. The fourth-order valence-electron chi connectivity index (χ4n) is 0.